The summed E-state index contributed by atoms with van der Waals surface area (Å²) in [5.74, 6) is 1.01. The van der Waals surface area contributed by atoms with Gasteiger partial charge in [0.15, 0.2) is 0 Å². The number of anilines is 1. The fourth-order valence-corrected chi connectivity index (χ4v) is 4.36. The standard InChI is InChI=1S/C19H25N3O2/c1-3-24-17-11-16(23)19(17)6-8-22(9-7-19)18-14-10-13(2)4-5-15(14)20-12-21-18/h4-5,10,12,16-17,23H,3,6-9,11H2,1-2H3/t16-,17+/m0/s1. The summed E-state index contributed by atoms with van der Waals surface area (Å²) in [4.78, 5) is 11.3. The van der Waals surface area contributed by atoms with Crippen LogP contribution < -0.4 is 4.90 Å². The number of nitrogens with zero attached hydrogens (tertiary/aromatic N) is 3. The fourth-order valence-electron chi connectivity index (χ4n) is 4.36. The van der Waals surface area contributed by atoms with Crippen LogP contribution in [-0.4, -0.2) is 47.0 Å². The quantitative estimate of drug-likeness (QED) is 0.939. The Morgan fingerprint density at radius 2 is 2.08 bits per heavy atom. The van der Waals surface area contributed by atoms with Gasteiger partial charge in [-0.1, -0.05) is 11.6 Å². The molecule has 2 heterocycles. The molecule has 1 aliphatic carbocycles. The third kappa shape index (κ3) is 2.38. The van der Waals surface area contributed by atoms with Crippen LogP contribution in [0.25, 0.3) is 10.9 Å². The van der Waals surface area contributed by atoms with Gasteiger partial charge in [-0.3, -0.25) is 0 Å². The van der Waals surface area contributed by atoms with E-state index >= 15 is 0 Å². The van der Waals surface area contributed by atoms with Crippen molar-refractivity contribution in [2.24, 2.45) is 5.41 Å². The number of aliphatic hydroxyl groups excluding tert-OH is 1. The lowest BCUT2D eigenvalue weighted by Crippen LogP contribution is -2.62. The summed E-state index contributed by atoms with van der Waals surface area (Å²) in [6.07, 6.45) is 4.33. The second-order valence-electron chi connectivity index (χ2n) is 7.13. The third-order valence-electron chi connectivity index (χ3n) is 5.87. The van der Waals surface area contributed by atoms with Crippen molar-refractivity contribution < 1.29 is 9.84 Å². The van der Waals surface area contributed by atoms with Crippen LogP contribution in [-0.2, 0) is 4.74 Å². The van der Waals surface area contributed by atoms with Gasteiger partial charge in [0.2, 0.25) is 0 Å². The van der Waals surface area contributed by atoms with Crippen LogP contribution in [0, 0.1) is 12.3 Å². The smallest absolute Gasteiger partial charge is 0.139 e. The molecule has 0 amide bonds. The van der Waals surface area contributed by atoms with Crippen LogP contribution in [0.5, 0.6) is 0 Å². The zero-order chi connectivity index (χ0) is 16.7. The van der Waals surface area contributed by atoms with E-state index in [4.69, 9.17) is 4.74 Å². The second-order valence-corrected chi connectivity index (χ2v) is 7.13. The van der Waals surface area contributed by atoms with Gasteiger partial charge >= 0.3 is 0 Å². The van der Waals surface area contributed by atoms with Crippen molar-refractivity contribution in [3.8, 4) is 0 Å². The molecule has 1 aliphatic heterocycles. The predicted molar refractivity (Wildman–Crippen MR) is 94.2 cm³/mol. The van der Waals surface area contributed by atoms with E-state index in [1.165, 1.54) is 5.56 Å². The highest BCUT2D eigenvalue weighted by atomic mass is 16.5. The number of hydrogen-bond acceptors (Lipinski definition) is 5. The Bertz CT molecular complexity index is 738. The highest BCUT2D eigenvalue weighted by molar-refractivity contribution is 5.89. The van der Waals surface area contributed by atoms with E-state index in [1.807, 2.05) is 6.92 Å². The maximum atomic E-state index is 10.4. The summed E-state index contributed by atoms with van der Waals surface area (Å²) in [6.45, 7) is 6.65. The van der Waals surface area contributed by atoms with Gasteiger partial charge in [-0.15, -0.1) is 0 Å². The maximum absolute atomic E-state index is 10.4. The van der Waals surface area contributed by atoms with Crippen molar-refractivity contribution in [3.63, 3.8) is 0 Å². The molecule has 2 aromatic rings. The number of aryl methyl sites for hydroxylation is 1. The highest BCUT2D eigenvalue weighted by Gasteiger charge is 2.56. The molecule has 1 aromatic carbocycles. The average Bonchev–Trinajstić information content (AvgIpc) is 2.61. The molecule has 5 nitrogen and oxygen atoms in total. The first-order chi connectivity index (χ1) is 11.6. The molecule has 1 N–H and O–H groups in total. The zero-order valence-corrected chi connectivity index (χ0v) is 14.4. The lowest BCUT2D eigenvalue weighted by atomic mass is 9.58. The van der Waals surface area contributed by atoms with E-state index in [0.29, 0.717) is 0 Å². The first kappa shape index (κ1) is 15.8. The van der Waals surface area contributed by atoms with Crippen LogP contribution >= 0.6 is 0 Å². The lowest BCUT2D eigenvalue weighted by Gasteiger charge is -2.56. The number of aromatic nitrogens is 2. The number of hydrogen-bond donors (Lipinski definition) is 1. The van der Waals surface area contributed by atoms with Crippen LogP contribution in [0.3, 0.4) is 0 Å². The zero-order valence-electron chi connectivity index (χ0n) is 14.4. The van der Waals surface area contributed by atoms with Crippen LogP contribution in [0.4, 0.5) is 5.82 Å². The highest BCUT2D eigenvalue weighted by Crippen LogP contribution is 2.51. The van der Waals surface area contributed by atoms with Crippen LogP contribution in [0.1, 0.15) is 31.7 Å². The second kappa shape index (κ2) is 5.97. The van der Waals surface area contributed by atoms with Gasteiger partial charge in [0.25, 0.3) is 0 Å². The molecule has 0 unspecified atom stereocenters. The summed E-state index contributed by atoms with van der Waals surface area (Å²) >= 11 is 0. The molecule has 4 rings (SSSR count). The molecule has 1 aromatic heterocycles. The van der Waals surface area contributed by atoms with Crippen molar-refractivity contribution >= 4 is 16.7 Å². The van der Waals surface area contributed by atoms with Crippen LogP contribution in [0.2, 0.25) is 0 Å². The normalized spacial score (nSPS) is 25.9. The first-order valence-corrected chi connectivity index (χ1v) is 8.90. The van der Waals surface area contributed by atoms with E-state index in [9.17, 15) is 5.11 Å². The van der Waals surface area contributed by atoms with Crippen LogP contribution in [0.15, 0.2) is 24.5 Å². The van der Waals surface area contributed by atoms with Gasteiger partial charge < -0.3 is 14.7 Å². The maximum Gasteiger partial charge on any atom is 0.139 e. The minimum Gasteiger partial charge on any atom is -0.392 e. The molecule has 24 heavy (non-hydrogen) atoms. The summed E-state index contributed by atoms with van der Waals surface area (Å²) in [7, 11) is 0. The van der Waals surface area contributed by atoms with Gasteiger partial charge in [0.05, 0.1) is 17.7 Å². The Balaban J connectivity index is 1.57. The van der Waals surface area contributed by atoms with Gasteiger partial charge in [-0.2, -0.15) is 0 Å². The Morgan fingerprint density at radius 1 is 1.29 bits per heavy atom. The number of ether oxygens (including phenoxy) is 1. The summed E-state index contributed by atoms with van der Waals surface area (Å²) in [5, 5.41) is 11.5. The van der Waals surface area contributed by atoms with Gasteiger partial charge in [-0.25, -0.2) is 9.97 Å². The third-order valence-corrected chi connectivity index (χ3v) is 5.87. The largest absolute Gasteiger partial charge is 0.392 e. The molecule has 1 saturated heterocycles. The van der Waals surface area contributed by atoms with Gasteiger partial charge in [0, 0.05) is 36.9 Å². The van der Waals surface area contributed by atoms with Gasteiger partial charge in [-0.05, 0) is 38.8 Å². The number of benzene rings is 1. The SMILES string of the molecule is CCO[C@@H]1C[C@H](O)C12CCN(c1ncnc3ccc(C)cc13)CC2. The predicted octanol–water partition coefficient (Wildman–Crippen LogP) is 2.69. The van der Waals surface area contributed by atoms with Crippen molar-refractivity contribution in [3.05, 3.63) is 30.1 Å². The summed E-state index contributed by atoms with van der Waals surface area (Å²) in [5.41, 5.74) is 2.16. The molecule has 1 spiro atoms. The average molecular weight is 327 g/mol. The number of fused-ring (bicyclic) bond motifs is 1. The minimum atomic E-state index is -0.222. The molecule has 2 fully saturated rings. The summed E-state index contributed by atoms with van der Waals surface area (Å²) < 4.78 is 5.86. The van der Waals surface area contributed by atoms with E-state index in [0.717, 1.165) is 55.7 Å². The van der Waals surface area contributed by atoms with Crippen molar-refractivity contribution in [2.75, 3.05) is 24.6 Å². The Hall–Kier alpha value is -1.72. The first-order valence-electron chi connectivity index (χ1n) is 8.90. The number of aliphatic hydroxyl groups is 1. The molecule has 128 valence electrons. The molecular formula is C19H25N3O2. The van der Waals surface area contributed by atoms with Crippen molar-refractivity contribution in [1.82, 2.24) is 9.97 Å². The number of rotatable bonds is 3. The molecule has 2 atom stereocenters. The van der Waals surface area contributed by atoms with E-state index in [-0.39, 0.29) is 17.6 Å². The molecular weight excluding hydrogens is 302 g/mol. The molecule has 5 heteroatoms. The lowest BCUT2D eigenvalue weighted by molar-refractivity contribution is -0.199. The topological polar surface area (TPSA) is 58.5 Å². The minimum absolute atomic E-state index is 0.0503. The Kier molecular flexibility index (Phi) is 3.93. The molecule has 0 radical (unpaired) electrons. The molecule has 0 bridgehead atoms. The Morgan fingerprint density at radius 3 is 2.79 bits per heavy atom. The monoisotopic (exact) mass is 327 g/mol. The van der Waals surface area contributed by atoms with E-state index in [2.05, 4.69) is 40.0 Å². The van der Waals surface area contributed by atoms with E-state index in [1.54, 1.807) is 6.33 Å². The molecule has 1 saturated carbocycles. The Labute approximate surface area is 142 Å². The molecule has 2 aliphatic rings. The van der Waals surface area contributed by atoms with Gasteiger partial charge in [0.1, 0.15) is 12.1 Å². The summed E-state index contributed by atoms with van der Waals surface area (Å²) in [6, 6.07) is 6.31. The van der Waals surface area contributed by atoms with E-state index < -0.39 is 0 Å². The number of piperidine rings is 1. The fraction of sp³-hybridized carbons (Fsp3) is 0.579. The van der Waals surface area contributed by atoms with Crippen molar-refractivity contribution in [2.45, 2.75) is 45.3 Å². The van der Waals surface area contributed by atoms with Crippen molar-refractivity contribution in [1.29, 1.82) is 0 Å².